The van der Waals surface area contributed by atoms with E-state index in [2.05, 4.69) is 4.90 Å². The Kier molecular flexibility index (Phi) is 5.35. The summed E-state index contributed by atoms with van der Waals surface area (Å²) in [6.45, 7) is 1.57. The minimum Gasteiger partial charge on any atom is -0.369 e. The number of rotatable bonds is 4. The van der Waals surface area contributed by atoms with E-state index in [0.717, 1.165) is 11.3 Å². The van der Waals surface area contributed by atoms with Gasteiger partial charge in [-0.3, -0.25) is 4.90 Å². The minimum absolute atomic E-state index is 0.397. The molecule has 0 spiro atoms. The lowest BCUT2D eigenvalue weighted by Crippen LogP contribution is -2.49. The third-order valence-electron chi connectivity index (χ3n) is 3.60. The molecule has 1 aliphatic rings. The fourth-order valence-corrected chi connectivity index (χ4v) is 2.90. The Hall–Kier alpha value is -0.980. The second kappa shape index (κ2) is 6.85. The van der Waals surface area contributed by atoms with Gasteiger partial charge in [-0.15, -0.1) is 0 Å². The van der Waals surface area contributed by atoms with Crippen LogP contribution in [0.1, 0.15) is 5.56 Å². The van der Waals surface area contributed by atoms with E-state index in [1.165, 1.54) is 4.90 Å². The number of nitrogens with two attached hydrogens (primary N) is 1. The van der Waals surface area contributed by atoms with Crippen molar-refractivity contribution in [3.63, 3.8) is 0 Å². The number of nitrogens with zero attached hydrogens (tertiary/aromatic N) is 2. The van der Waals surface area contributed by atoms with Crippen LogP contribution in [0.15, 0.2) is 18.2 Å². The van der Waals surface area contributed by atoms with Crippen LogP contribution in [0, 0.1) is 0 Å². The van der Waals surface area contributed by atoms with Crippen molar-refractivity contribution in [3.8, 4) is 0 Å². The summed E-state index contributed by atoms with van der Waals surface area (Å²) in [7, 11) is 0. The molecule has 0 bridgehead atoms. The molecule has 0 radical (unpaired) electrons. The topological polar surface area (TPSA) is 32.5 Å². The molecule has 2 rings (SSSR count). The maximum atomic E-state index is 12.4. The van der Waals surface area contributed by atoms with Gasteiger partial charge >= 0.3 is 6.18 Å². The summed E-state index contributed by atoms with van der Waals surface area (Å²) in [5.74, 6) is 0. The molecule has 0 saturated carbocycles. The Balaban J connectivity index is 2.04. The number of benzene rings is 1. The zero-order valence-corrected chi connectivity index (χ0v) is 12.4. The maximum Gasteiger partial charge on any atom is 0.401 e. The van der Waals surface area contributed by atoms with Gasteiger partial charge in [-0.1, -0.05) is 17.7 Å². The van der Waals surface area contributed by atoms with E-state index in [1.807, 2.05) is 18.2 Å². The van der Waals surface area contributed by atoms with E-state index in [-0.39, 0.29) is 0 Å². The summed E-state index contributed by atoms with van der Waals surface area (Å²) in [5, 5.41) is 0.663. The molecule has 2 N–H and O–H groups in total. The zero-order valence-electron chi connectivity index (χ0n) is 11.7. The molecule has 7 heteroatoms. The van der Waals surface area contributed by atoms with Crippen LogP contribution in [0.3, 0.4) is 0 Å². The van der Waals surface area contributed by atoms with Crippen LogP contribution >= 0.6 is 11.6 Å². The van der Waals surface area contributed by atoms with Crippen LogP contribution < -0.4 is 10.6 Å². The fourth-order valence-electron chi connectivity index (χ4n) is 2.64. The lowest BCUT2D eigenvalue weighted by molar-refractivity contribution is -0.146. The monoisotopic (exact) mass is 321 g/mol. The smallest absolute Gasteiger partial charge is 0.369 e. The van der Waals surface area contributed by atoms with Gasteiger partial charge < -0.3 is 10.6 Å². The highest BCUT2D eigenvalue weighted by Crippen LogP contribution is 2.29. The predicted molar refractivity (Wildman–Crippen MR) is 78.9 cm³/mol. The van der Waals surface area contributed by atoms with Gasteiger partial charge in [-0.2, -0.15) is 13.2 Å². The number of anilines is 1. The molecule has 118 valence electrons. The highest BCUT2D eigenvalue weighted by atomic mass is 35.5. The van der Waals surface area contributed by atoms with Crippen LogP contribution in [0.5, 0.6) is 0 Å². The predicted octanol–water partition coefficient (Wildman–Crippen LogP) is 2.53. The van der Waals surface area contributed by atoms with Crippen molar-refractivity contribution in [2.45, 2.75) is 12.6 Å². The van der Waals surface area contributed by atoms with Crippen molar-refractivity contribution in [3.05, 3.63) is 28.8 Å². The van der Waals surface area contributed by atoms with Gasteiger partial charge in [0, 0.05) is 36.9 Å². The normalized spacial score (nSPS) is 17.3. The quantitative estimate of drug-likeness (QED) is 0.925. The van der Waals surface area contributed by atoms with Gasteiger partial charge in [0.05, 0.1) is 6.54 Å². The van der Waals surface area contributed by atoms with Crippen LogP contribution in [0.4, 0.5) is 18.9 Å². The van der Waals surface area contributed by atoms with Crippen molar-refractivity contribution in [1.82, 2.24) is 4.90 Å². The molecule has 1 heterocycles. The number of hydrogen-bond donors (Lipinski definition) is 1. The lowest BCUT2D eigenvalue weighted by atomic mass is 10.1. The van der Waals surface area contributed by atoms with Gasteiger partial charge in [-0.05, 0) is 30.7 Å². The fraction of sp³-hybridized carbons (Fsp3) is 0.571. The Morgan fingerprint density at radius 2 is 1.81 bits per heavy atom. The number of alkyl halides is 3. The van der Waals surface area contributed by atoms with Crippen LogP contribution in [-0.4, -0.2) is 50.3 Å². The van der Waals surface area contributed by atoms with Crippen molar-refractivity contribution >= 4 is 17.3 Å². The van der Waals surface area contributed by atoms with Gasteiger partial charge in [0.1, 0.15) is 0 Å². The first-order chi connectivity index (χ1) is 9.90. The zero-order chi connectivity index (χ0) is 15.5. The molecular formula is C14H19ClF3N3. The number of halogens is 4. The average Bonchev–Trinajstić information content (AvgIpc) is 2.40. The molecule has 0 atom stereocenters. The Morgan fingerprint density at radius 3 is 2.38 bits per heavy atom. The van der Waals surface area contributed by atoms with E-state index >= 15 is 0 Å². The lowest BCUT2D eigenvalue weighted by Gasteiger charge is -2.37. The summed E-state index contributed by atoms with van der Waals surface area (Å²) >= 11 is 6.20. The van der Waals surface area contributed by atoms with E-state index in [9.17, 15) is 13.2 Å². The van der Waals surface area contributed by atoms with E-state index in [0.29, 0.717) is 44.2 Å². The second-order valence-electron chi connectivity index (χ2n) is 5.15. The first kappa shape index (κ1) is 16.4. The summed E-state index contributed by atoms with van der Waals surface area (Å²) in [4.78, 5) is 3.52. The Labute approximate surface area is 127 Å². The van der Waals surface area contributed by atoms with Crippen LogP contribution in [0.25, 0.3) is 0 Å². The third kappa shape index (κ3) is 4.49. The summed E-state index contributed by atoms with van der Waals surface area (Å²) in [6, 6.07) is 5.63. The molecule has 0 amide bonds. The molecule has 1 aromatic rings. The molecule has 1 saturated heterocycles. The van der Waals surface area contributed by atoms with Gasteiger partial charge in [0.2, 0.25) is 0 Å². The first-order valence-electron chi connectivity index (χ1n) is 6.92. The molecule has 0 aromatic heterocycles. The van der Waals surface area contributed by atoms with Crippen molar-refractivity contribution in [2.75, 3.05) is 44.2 Å². The summed E-state index contributed by atoms with van der Waals surface area (Å²) < 4.78 is 37.2. The molecule has 21 heavy (non-hydrogen) atoms. The van der Waals surface area contributed by atoms with E-state index in [4.69, 9.17) is 17.3 Å². The molecule has 1 aliphatic heterocycles. The first-order valence-corrected chi connectivity index (χ1v) is 7.30. The van der Waals surface area contributed by atoms with Crippen LogP contribution in [0.2, 0.25) is 5.02 Å². The van der Waals surface area contributed by atoms with Crippen molar-refractivity contribution in [1.29, 1.82) is 0 Å². The Morgan fingerprint density at radius 1 is 1.14 bits per heavy atom. The third-order valence-corrected chi connectivity index (χ3v) is 3.96. The SMILES string of the molecule is NCCc1c(Cl)cccc1N1CCN(CC(F)(F)F)CC1. The summed E-state index contributed by atoms with van der Waals surface area (Å²) in [5.41, 5.74) is 7.57. The van der Waals surface area contributed by atoms with Gasteiger partial charge in [0.15, 0.2) is 0 Å². The number of piperazine rings is 1. The molecule has 0 aliphatic carbocycles. The molecule has 1 fully saturated rings. The van der Waals surface area contributed by atoms with Crippen molar-refractivity contribution in [2.24, 2.45) is 5.73 Å². The average molecular weight is 322 g/mol. The molecule has 1 aromatic carbocycles. The Bertz CT molecular complexity index is 471. The highest BCUT2D eigenvalue weighted by molar-refractivity contribution is 6.31. The standard InChI is InChI=1S/C14H19ClF3N3/c15-12-2-1-3-13(11(12)4-5-19)21-8-6-20(7-9-21)10-14(16,17)18/h1-3H,4-10,19H2. The van der Waals surface area contributed by atoms with Gasteiger partial charge in [-0.25, -0.2) is 0 Å². The largest absolute Gasteiger partial charge is 0.401 e. The van der Waals surface area contributed by atoms with E-state index < -0.39 is 12.7 Å². The molecular weight excluding hydrogens is 303 g/mol. The minimum atomic E-state index is -4.14. The highest BCUT2D eigenvalue weighted by Gasteiger charge is 2.32. The molecule has 0 unspecified atom stereocenters. The second-order valence-corrected chi connectivity index (χ2v) is 5.56. The van der Waals surface area contributed by atoms with Crippen molar-refractivity contribution < 1.29 is 13.2 Å². The maximum absolute atomic E-state index is 12.4. The van der Waals surface area contributed by atoms with Crippen LogP contribution in [-0.2, 0) is 6.42 Å². The van der Waals surface area contributed by atoms with Gasteiger partial charge in [0.25, 0.3) is 0 Å². The summed E-state index contributed by atoms with van der Waals surface area (Å²) in [6.07, 6.45) is -3.47. The molecule has 3 nitrogen and oxygen atoms in total. The van der Waals surface area contributed by atoms with E-state index in [1.54, 1.807) is 0 Å². The number of hydrogen-bond acceptors (Lipinski definition) is 3.